The maximum Gasteiger partial charge on any atom is 0.573 e. The van der Waals surface area contributed by atoms with Crippen LogP contribution in [0.4, 0.5) is 18.9 Å². The summed E-state index contributed by atoms with van der Waals surface area (Å²) in [6, 6.07) is 3.03. The van der Waals surface area contributed by atoms with Crippen molar-refractivity contribution in [1.82, 2.24) is 0 Å². The van der Waals surface area contributed by atoms with Crippen LogP contribution in [0, 0.1) is 0 Å². The Hall–Kier alpha value is -2.00. The van der Waals surface area contributed by atoms with Gasteiger partial charge in [0.2, 0.25) is 0 Å². The quantitative estimate of drug-likeness (QED) is 0.556. The lowest BCUT2D eigenvalue weighted by molar-refractivity contribution is -0.274. The number of alkyl halides is 3. The van der Waals surface area contributed by atoms with E-state index in [4.69, 9.17) is 5.73 Å². The number of nitrogen functional groups attached to an aromatic ring is 1. The van der Waals surface area contributed by atoms with Gasteiger partial charge in [-0.15, -0.1) is 13.2 Å². The molecule has 1 rings (SSSR count). The van der Waals surface area contributed by atoms with Crippen molar-refractivity contribution in [1.29, 1.82) is 0 Å². The Kier molecular flexibility index (Phi) is 5.39. The van der Waals surface area contributed by atoms with E-state index in [0.717, 1.165) is 25.3 Å². The molecule has 2 unspecified atom stereocenters. The lowest BCUT2D eigenvalue weighted by atomic mass is 10.0. The highest BCUT2D eigenvalue weighted by Gasteiger charge is 2.32. The van der Waals surface area contributed by atoms with E-state index in [1.807, 2.05) is 0 Å². The molecule has 6 nitrogen and oxygen atoms in total. The zero-order valence-electron chi connectivity index (χ0n) is 10.9. The van der Waals surface area contributed by atoms with Gasteiger partial charge in [-0.3, -0.25) is 4.79 Å². The summed E-state index contributed by atoms with van der Waals surface area (Å²) < 4.78 is 44.2. The summed E-state index contributed by atoms with van der Waals surface area (Å²) in [5, 5.41) is 19.4. The van der Waals surface area contributed by atoms with Crippen molar-refractivity contribution in [3.63, 3.8) is 0 Å². The van der Waals surface area contributed by atoms with Gasteiger partial charge in [-0.2, -0.15) is 0 Å². The van der Waals surface area contributed by atoms with Crippen LogP contribution < -0.4 is 10.5 Å². The Morgan fingerprint density at radius 1 is 1.38 bits per heavy atom. The van der Waals surface area contributed by atoms with E-state index >= 15 is 0 Å². The lowest BCUT2D eigenvalue weighted by Crippen LogP contribution is -2.23. The van der Waals surface area contributed by atoms with Gasteiger partial charge in [0, 0.05) is 0 Å². The van der Waals surface area contributed by atoms with E-state index in [-0.39, 0.29) is 11.3 Å². The number of methoxy groups -OCH3 is 1. The molecule has 0 heterocycles. The van der Waals surface area contributed by atoms with Gasteiger partial charge < -0.3 is 25.4 Å². The monoisotopic (exact) mass is 309 g/mol. The Morgan fingerprint density at radius 3 is 2.48 bits per heavy atom. The maximum atomic E-state index is 12.1. The smallest absolute Gasteiger partial charge is 0.469 e. The first-order chi connectivity index (χ1) is 9.64. The van der Waals surface area contributed by atoms with Crippen LogP contribution in [0.1, 0.15) is 18.1 Å². The van der Waals surface area contributed by atoms with Crippen LogP contribution in [-0.2, 0) is 9.53 Å². The SMILES string of the molecule is COC(=O)CC(O)C(O)c1ccc(OC(F)(F)F)c(N)c1. The number of hydrogen-bond donors (Lipinski definition) is 3. The standard InChI is InChI=1S/C12H14F3NO5/c1-20-10(18)5-8(17)11(19)6-2-3-9(7(16)4-6)21-12(13,14)15/h2-4,8,11,17,19H,5,16H2,1H3. The van der Waals surface area contributed by atoms with E-state index < -0.39 is 36.7 Å². The first-order valence-electron chi connectivity index (χ1n) is 5.72. The Labute approximate surface area is 117 Å². The summed E-state index contributed by atoms with van der Waals surface area (Å²) in [6.07, 6.45) is -8.35. The number of anilines is 1. The number of carbonyl (C=O) groups excluding carboxylic acids is 1. The summed E-state index contributed by atoms with van der Waals surface area (Å²) in [5.41, 5.74) is 5.06. The molecule has 0 aliphatic rings. The van der Waals surface area contributed by atoms with Crippen molar-refractivity contribution < 1.29 is 37.7 Å². The Morgan fingerprint density at radius 2 is 2.00 bits per heavy atom. The summed E-state index contributed by atoms with van der Waals surface area (Å²) in [6.45, 7) is 0. The van der Waals surface area contributed by atoms with Crippen molar-refractivity contribution in [2.24, 2.45) is 0 Å². The molecular weight excluding hydrogens is 295 g/mol. The van der Waals surface area contributed by atoms with Crippen molar-refractivity contribution >= 4 is 11.7 Å². The number of halogens is 3. The average Bonchev–Trinajstić information content (AvgIpc) is 2.38. The number of carbonyl (C=O) groups is 1. The molecular formula is C12H14F3NO5. The van der Waals surface area contributed by atoms with Gasteiger partial charge >= 0.3 is 12.3 Å². The van der Waals surface area contributed by atoms with Crippen molar-refractivity contribution in [2.45, 2.75) is 25.0 Å². The minimum atomic E-state index is -4.89. The molecule has 0 saturated heterocycles. The van der Waals surface area contributed by atoms with E-state index in [1.165, 1.54) is 0 Å². The third-order valence-electron chi connectivity index (χ3n) is 2.57. The van der Waals surface area contributed by atoms with E-state index in [0.29, 0.717) is 0 Å². The van der Waals surface area contributed by atoms with Gasteiger partial charge in [-0.05, 0) is 17.7 Å². The number of aliphatic hydroxyl groups excluding tert-OH is 2. The molecule has 0 aliphatic carbocycles. The highest BCUT2D eigenvalue weighted by molar-refractivity contribution is 5.69. The molecule has 0 aliphatic heterocycles. The second-order valence-corrected chi connectivity index (χ2v) is 4.14. The first-order valence-corrected chi connectivity index (χ1v) is 5.72. The molecule has 4 N–H and O–H groups in total. The summed E-state index contributed by atoms with van der Waals surface area (Å²) in [4.78, 5) is 11.0. The molecule has 118 valence electrons. The molecule has 0 saturated carbocycles. The molecule has 0 fully saturated rings. The summed E-state index contributed by atoms with van der Waals surface area (Å²) in [5.74, 6) is -1.37. The minimum Gasteiger partial charge on any atom is -0.469 e. The molecule has 0 spiro atoms. The zero-order chi connectivity index (χ0) is 16.2. The number of rotatable bonds is 5. The Bertz CT molecular complexity index is 506. The first kappa shape index (κ1) is 17.1. The van der Waals surface area contributed by atoms with Gasteiger partial charge in [0.05, 0.1) is 25.3 Å². The van der Waals surface area contributed by atoms with Gasteiger partial charge in [0.25, 0.3) is 0 Å². The van der Waals surface area contributed by atoms with Gasteiger partial charge in [-0.25, -0.2) is 0 Å². The molecule has 0 amide bonds. The van der Waals surface area contributed by atoms with E-state index in [2.05, 4.69) is 9.47 Å². The van der Waals surface area contributed by atoms with Crippen molar-refractivity contribution in [2.75, 3.05) is 12.8 Å². The third-order valence-corrected chi connectivity index (χ3v) is 2.57. The van der Waals surface area contributed by atoms with E-state index in [1.54, 1.807) is 0 Å². The highest BCUT2D eigenvalue weighted by Crippen LogP contribution is 2.31. The van der Waals surface area contributed by atoms with Crippen LogP contribution in [0.15, 0.2) is 18.2 Å². The molecule has 1 aromatic rings. The molecule has 0 aromatic heterocycles. The van der Waals surface area contributed by atoms with Crippen LogP contribution in [0.2, 0.25) is 0 Å². The van der Waals surface area contributed by atoms with Crippen LogP contribution >= 0.6 is 0 Å². The topological polar surface area (TPSA) is 102 Å². The summed E-state index contributed by atoms with van der Waals surface area (Å²) in [7, 11) is 1.11. The number of nitrogens with two attached hydrogens (primary N) is 1. The van der Waals surface area contributed by atoms with Crippen LogP contribution in [0.3, 0.4) is 0 Å². The average molecular weight is 309 g/mol. The number of aliphatic hydroxyl groups is 2. The number of benzene rings is 1. The van der Waals surface area contributed by atoms with Gasteiger partial charge in [0.15, 0.2) is 5.75 Å². The van der Waals surface area contributed by atoms with Crippen molar-refractivity contribution in [3.8, 4) is 5.75 Å². The second kappa shape index (κ2) is 6.64. The van der Waals surface area contributed by atoms with Crippen LogP contribution in [-0.4, -0.2) is 35.8 Å². The molecule has 0 bridgehead atoms. The largest absolute Gasteiger partial charge is 0.573 e. The Balaban J connectivity index is 2.85. The zero-order valence-corrected chi connectivity index (χ0v) is 10.9. The summed E-state index contributed by atoms with van der Waals surface area (Å²) >= 11 is 0. The fourth-order valence-electron chi connectivity index (χ4n) is 1.56. The number of ether oxygens (including phenoxy) is 2. The minimum absolute atomic E-state index is 0.0402. The number of hydrogen-bond acceptors (Lipinski definition) is 6. The predicted molar refractivity (Wildman–Crippen MR) is 65.1 cm³/mol. The predicted octanol–water partition coefficient (Wildman–Crippen LogP) is 1.12. The van der Waals surface area contributed by atoms with E-state index in [9.17, 15) is 28.2 Å². The second-order valence-electron chi connectivity index (χ2n) is 4.14. The van der Waals surface area contributed by atoms with Crippen LogP contribution in [0.5, 0.6) is 5.75 Å². The fourth-order valence-corrected chi connectivity index (χ4v) is 1.56. The van der Waals surface area contributed by atoms with Gasteiger partial charge in [-0.1, -0.05) is 6.07 Å². The van der Waals surface area contributed by atoms with Gasteiger partial charge in [0.1, 0.15) is 6.10 Å². The molecule has 21 heavy (non-hydrogen) atoms. The third kappa shape index (κ3) is 5.12. The van der Waals surface area contributed by atoms with Crippen molar-refractivity contribution in [3.05, 3.63) is 23.8 Å². The maximum absolute atomic E-state index is 12.1. The van der Waals surface area contributed by atoms with Crippen LogP contribution in [0.25, 0.3) is 0 Å². The molecule has 1 aromatic carbocycles. The molecule has 9 heteroatoms. The highest BCUT2D eigenvalue weighted by atomic mass is 19.4. The fraction of sp³-hybridized carbons (Fsp3) is 0.417. The lowest BCUT2D eigenvalue weighted by Gasteiger charge is -2.18. The molecule has 0 radical (unpaired) electrons. The molecule has 2 atom stereocenters. The normalized spacial score (nSPS) is 14.4. The number of esters is 1.